The molecule has 0 fully saturated rings. The van der Waals surface area contributed by atoms with Gasteiger partial charge < -0.3 is 0 Å². The third-order valence-electron chi connectivity index (χ3n) is 2.30. The Hall–Kier alpha value is -1.03. The molecular formula is C12H8Cl2O2S. The van der Waals surface area contributed by atoms with Gasteiger partial charge in [0.25, 0.3) is 9.05 Å². The van der Waals surface area contributed by atoms with Crippen molar-refractivity contribution in [3.63, 3.8) is 0 Å². The van der Waals surface area contributed by atoms with Gasteiger partial charge in [-0.05, 0) is 23.8 Å². The highest BCUT2D eigenvalue weighted by molar-refractivity contribution is 8.13. The van der Waals surface area contributed by atoms with Crippen LogP contribution in [0.1, 0.15) is 0 Å². The maximum atomic E-state index is 11.3. The molecule has 0 atom stereocenters. The molecule has 0 aliphatic carbocycles. The molecule has 0 bridgehead atoms. The van der Waals surface area contributed by atoms with E-state index in [4.69, 9.17) is 22.3 Å². The Bertz CT molecular complexity index is 637. The van der Waals surface area contributed by atoms with Crippen LogP contribution in [0, 0.1) is 0 Å². The largest absolute Gasteiger partial charge is 0.261 e. The van der Waals surface area contributed by atoms with Crippen molar-refractivity contribution >= 4 is 31.3 Å². The first kappa shape index (κ1) is 12.4. The molecule has 2 rings (SSSR count). The first-order valence-corrected chi connectivity index (χ1v) is 7.47. The number of rotatable bonds is 2. The molecule has 0 N–H and O–H groups in total. The zero-order valence-electron chi connectivity index (χ0n) is 8.60. The van der Waals surface area contributed by atoms with E-state index in [1.165, 1.54) is 18.2 Å². The van der Waals surface area contributed by atoms with E-state index in [-0.39, 0.29) is 4.90 Å². The summed E-state index contributed by atoms with van der Waals surface area (Å²) in [6, 6.07) is 13.7. The fourth-order valence-corrected chi connectivity index (χ4v) is 2.50. The van der Waals surface area contributed by atoms with E-state index < -0.39 is 9.05 Å². The van der Waals surface area contributed by atoms with Crippen molar-refractivity contribution in [1.29, 1.82) is 0 Å². The van der Waals surface area contributed by atoms with Crippen molar-refractivity contribution in [2.45, 2.75) is 4.90 Å². The number of halogens is 2. The highest BCUT2D eigenvalue weighted by atomic mass is 35.7. The molecule has 0 amide bonds. The van der Waals surface area contributed by atoms with E-state index in [1.54, 1.807) is 0 Å². The molecule has 0 radical (unpaired) electrons. The van der Waals surface area contributed by atoms with Crippen LogP contribution in [0.3, 0.4) is 0 Å². The maximum Gasteiger partial charge on any atom is 0.261 e. The highest BCUT2D eigenvalue weighted by Crippen LogP contribution is 2.30. The summed E-state index contributed by atoms with van der Waals surface area (Å²) in [5.74, 6) is 0. The van der Waals surface area contributed by atoms with Gasteiger partial charge in [-0.2, -0.15) is 0 Å². The monoisotopic (exact) mass is 286 g/mol. The standard InChI is InChI=1S/C12H8Cl2O2S/c13-12-7-6-10(17(14,15)16)8-11(12)9-4-2-1-3-5-9/h1-8H. The molecule has 2 nitrogen and oxygen atoms in total. The molecule has 0 unspecified atom stereocenters. The summed E-state index contributed by atoms with van der Waals surface area (Å²) in [5.41, 5.74) is 1.49. The Balaban J connectivity index is 2.63. The molecule has 0 saturated heterocycles. The predicted molar refractivity (Wildman–Crippen MR) is 69.9 cm³/mol. The lowest BCUT2D eigenvalue weighted by atomic mass is 10.1. The Morgan fingerprint density at radius 3 is 2.18 bits per heavy atom. The smallest absolute Gasteiger partial charge is 0.207 e. The second kappa shape index (κ2) is 4.69. The third-order valence-corrected chi connectivity index (χ3v) is 3.99. The van der Waals surface area contributed by atoms with Crippen LogP contribution >= 0.6 is 22.3 Å². The van der Waals surface area contributed by atoms with Crippen molar-refractivity contribution in [2.24, 2.45) is 0 Å². The van der Waals surface area contributed by atoms with E-state index in [1.807, 2.05) is 30.3 Å². The van der Waals surface area contributed by atoms with Gasteiger partial charge in [-0.15, -0.1) is 0 Å². The SMILES string of the molecule is O=S(=O)(Cl)c1ccc(Cl)c(-c2ccccc2)c1. The van der Waals surface area contributed by atoms with Crippen LogP contribution in [-0.4, -0.2) is 8.42 Å². The molecule has 2 aromatic rings. The fourth-order valence-electron chi connectivity index (χ4n) is 1.49. The van der Waals surface area contributed by atoms with Crippen LogP contribution in [0.4, 0.5) is 0 Å². The zero-order valence-corrected chi connectivity index (χ0v) is 10.9. The van der Waals surface area contributed by atoms with E-state index in [2.05, 4.69) is 0 Å². The lowest BCUT2D eigenvalue weighted by molar-refractivity contribution is 0.609. The van der Waals surface area contributed by atoms with Crippen molar-refractivity contribution in [3.05, 3.63) is 53.6 Å². The number of hydrogen-bond acceptors (Lipinski definition) is 2. The summed E-state index contributed by atoms with van der Waals surface area (Å²) in [6.45, 7) is 0. The first-order chi connectivity index (χ1) is 7.98. The Labute approximate surface area is 109 Å². The zero-order chi connectivity index (χ0) is 12.5. The van der Waals surface area contributed by atoms with Crippen molar-refractivity contribution in [1.82, 2.24) is 0 Å². The van der Waals surface area contributed by atoms with Crippen LogP contribution in [0.2, 0.25) is 5.02 Å². The molecule has 5 heteroatoms. The summed E-state index contributed by atoms with van der Waals surface area (Å²) >= 11 is 6.04. The molecule has 0 heterocycles. The van der Waals surface area contributed by atoms with E-state index in [0.29, 0.717) is 10.6 Å². The third kappa shape index (κ3) is 2.80. The van der Waals surface area contributed by atoms with Gasteiger partial charge in [0.15, 0.2) is 0 Å². The van der Waals surface area contributed by atoms with Gasteiger partial charge >= 0.3 is 0 Å². The minimum Gasteiger partial charge on any atom is -0.207 e. The molecule has 17 heavy (non-hydrogen) atoms. The molecule has 0 aromatic heterocycles. The maximum absolute atomic E-state index is 11.3. The lowest BCUT2D eigenvalue weighted by Gasteiger charge is -2.06. The van der Waals surface area contributed by atoms with E-state index in [0.717, 1.165) is 5.56 Å². The minimum absolute atomic E-state index is 0.0439. The summed E-state index contributed by atoms with van der Waals surface area (Å²) in [5, 5.41) is 0.486. The van der Waals surface area contributed by atoms with Gasteiger partial charge in [0, 0.05) is 21.3 Å². The fraction of sp³-hybridized carbons (Fsp3) is 0. The first-order valence-electron chi connectivity index (χ1n) is 4.78. The van der Waals surface area contributed by atoms with Crippen LogP contribution in [0.15, 0.2) is 53.4 Å². The van der Waals surface area contributed by atoms with Gasteiger partial charge in [-0.1, -0.05) is 41.9 Å². The second-order valence-electron chi connectivity index (χ2n) is 3.45. The Morgan fingerprint density at radius 2 is 1.59 bits per heavy atom. The summed E-state index contributed by atoms with van der Waals surface area (Å²) in [6.07, 6.45) is 0. The summed E-state index contributed by atoms with van der Waals surface area (Å²) in [4.78, 5) is 0.0439. The number of hydrogen-bond donors (Lipinski definition) is 0. The topological polar surface area (TPSA) is 34.1 Å². The summed E-state index contributed by atoms with van der Waals surface area (Å²) < 4.78 is 22.5. The highest BCUT2D eigenvalue weighted by Gasteiger charge is 2.13. The molecule has 88 valence electrons. The van der Waals surface area contributed by atoms with E-state index in [9.17, 15) is 8.42 Å². The van der Waals surface area contributed by atoms with Crippen molar-refractivity contribution in [2.75, 3.05) is 0 Å². The quantitative estimate of drug-likeness (QED) is 0.784. The van der Waals surface area contributed by atoms with Crippen LogP contribution in [0.5, 0.6) is 0 Å². The van der Waals surface area contributed by atoms with Crippen LogP contribution in [-0.2, 0) is 9.05 Å². The molecule has 0 saturated carbocycles. The average Bonchev–Trinajstić information content (AvgIpc) is 2.29. The normalized spacial score (nSPS) is 11.4. The molecule has 0 spiro atoms. The predicted octanol–water partition coefficient (Wildman–Crippen LogP) is 3.93. The molecule has 0 aliphatic heterocycles. The van der Waals surface area contributed by atoms with Crippen LogP contribution < -0.4 is 0 Å². The van der Waals surface area contributed by atoms with Gasteiger partial charge in [0.05, 0.1) is 4.90 Å². The van der Waals surface area contributed by atoms with E-state index >= 15 is 0 Å². The van der Waals surface area contributed by atoms with Gasteiger partial charge in [0.1, 0.15) is 0 Å². The Morgan fingerprint density at radius 1 is 0.941 bits per heavy atom. The lowest BCUT2D eigenvalue weighted by Crippen LogP contribution is -1.91. The van der Waals surface area contributed by atoms with Gasteiger partial charge in [-0.25, -0.2) is 8.42 Å². The Kier molecular flexibility index (Phi) is 3.43. The van der Waals surface area contributed by atoms with Crippen molar-refractivity contribution < 1.29 is 8.42 Å². The van der Waals surface area contributed by atoms with Crippen LogP contribution in [0.25, 0.3) is 11.1 Å². The summed E-state index contributed by atoms with van der Waals surface area (Å²) in [7, 11) is 1.56. The number of benzene rings is 2. The average molecular weight is 287 g/mol. The minimum atomic E-state index is -3.74. The van der Waals surface area contributed by atoms with Gasteiger partial charge in [0.2, 0.25) is 0 Å². The second-order valence-corrected chi connectivity index (χ2v) is 6.42. The molecule has 0 aliphatic rings. The van der Waals surface area contributed by atoms with Crippen molar-refractivity contribution in [3.8, 4) is 11.1 Å². The van der Waals surface area contributed by atoms with Gasteiger partial charge in [-0.3, -0.25) is 0 Å². The molecular weight excluding hydrogens is 279 g/mol. The molecule has 2 aromatic carbocycles.